The molecule has 0 atom stereocenters. The Hall–Kier alpha value is -2.95. The minimum absolute atomic E-state index is 0.0349. The van der Waals surface area contributed by atoms with Crippen LogP contribution in [-0.4, -0.2) is 64.9 Å². The number of methoxy groups -OCH3 is 1. The third kappa shape index (κ3) is 4.96. The van der Waals surface area contributed by atoms with Gasteiger partial charge < -0.3 is 19.5 Å². The largest absolute Gasteiger partial charge is 0.495 e. The van der Waals surface area contributed by atoms with Crippen LogP contribution >= 0.6 is 0 Å². The fourth-order valence-corrected chi connectivity index (χ4v) is 4.35. The molecule has 0 aliphatic carbocycles. The van der Waals surface area contributed by atoms with E-state index in [1.807, 2.05) is 0 Å². The lowest BCUT2D eigenvalue weighted by Gasteiger charge is -2.26. The van der Waals surface area contributed by atoms with Gasteiger partial charge in [-0.25, -0.2) is 8.42 Å². The SMILES string of the molecule is COc1ccc(S(=O)(=O)N2CCOCC2)cc1NC(=O)COc1ccccc1C=O. The first-order valence-electron chi connectivity index (χ1n) is 9.18. The van der Waals surface area contributed by atoms with Crippen molar-refractivity contribution in [2.45, 2.75) is 4.90 Å². The van der Waals surface area contributed by atoms with Gasteiger partial charge in [0.15, 0.2) is 12.9 Å². The molecular formula is C20H22N2O7S. The van der Waals surface area contributed by atoms with E-state index >= 15 is 0 Å². The van der Waals surface area contributed by atoms with E-state index in [0.29, 0.717) is 30.8 Å². The van der Waals surface area contributed by atoms with Crippen LogP contribution in [0.1, 0.15) is 10.4 Å². The Balaban J connectivity index is 1.75. The molecular weight excluding hydrogens is 412 g/mol. The number of amides is 1. The van der Waals surface area contributed by atoms with E-state index in [4.69, 9.17) is 14.2 Å². The molecule has 160 valence electrons. The average molecular weight is 434 g/mol. The first-order valence-corrected chi connectivity index (χ1v) is 10.6. The highest BCUT2D eigenvalue weighted by molar-refractivity contribution is 7.89. The molecule has 1 fully saturated rings. The number of nitrogens with zero attached hydrogens (tertiary/aromatic N) is 1. The van der Waals surface area contributed by atoms with Crippen LogP contribution < -0.4 is 14.8 Å². The Bertz CT molecular complexity index is 1020. The minimum Gasteiger partial charge on any atom is -0.495 e. The van der Waals surface area contributed by atoms with Crippen molar-refractivity contribution in [2.24, 2.45) is 0 Å². The highest BCUT2D eigenvalue weighted by Crippen LogP contribution is 2.29. The quantitative estimate of drug-likeness (QED) is 0.628. The molecule has 0 radical (unpaired) electrons. The average Bonchev–Trinajstić information content (AvgIpc) is 2.78. The first kappa shape index (κ1) is 21.8. The molecule has 30 heavy (non-hydrogen) atoms. The number of sulfonamides is 1. The monoisotopic (exact) mass is 434 g/mol. The lowest BCUT2D eigenvalue weighted by molar-refractivity contribution is -0.118. The van der Waals surface area contributed by atoms with Crippen molar-refractivity contribution in [1.82, 2.24) is 4.31 Å². The van der Waals surface area contributed by atoms with E-state index in [2.05, 4.69) is 5.32 Å². The summed E-state index contributed by atoms with van der Waals surface area (Å²) < 4.78 is 42.9. The Morgan fingerprint density at radius 3 is 2.60 bits per heavy atom. The zero-order chi connectivity index (χ0) is 21.6. The highest BCUT2D eigenvalue weighted by Gasteiger charge is 2.27. The van der Waals surface area contributed by atoms with Gasteiger partial charge in [-0.3, -0.25) is 9.59 Å². The van der Waals surface area contributed by atoms with Crippen LogP contribution in [0.15, 0.2) is 47.4 Å². The highest BCUT2D eigenvalue weighted by atomic mass is 32.2. The number of ether oxygens (including phenoxy) is 3. The number of hydrogen-bond donors (Lipinski definition) is 1. The molecule has 1 aliphatic heterocycles. The number of benzene rings is 2. The van der Waals surface area contributed by atoms with Crippen LogP contribution in [-0.2, 0) is 19.6 Å². The molecule has 1 heterocycles. The van der Waals surface area contributed by atoms with Crippen LogP contribution in [0, 0.1) is 0 Å². The molecule has 10 heteroatoms. The van der Waals surface area contributed by atoms with Crippen molar-refractivity contribution >= 4 is 27.9 Å². The minimum atomic E-state index is -3.73. The predicted molar refractivity (Wildman–Crippen MR) is 109 cm³/mol. The van der Waals surface area contributed by atoms with Crippen molar-refractivity contribution in [3.05, 3.63) is 48.0 Å². The molecule has 1 N–H and O–H groups in total. The van der Waals surface area contributed by atoms with Crippen LogP contribution in [0.5, 0.6) is 11.5 Å². The zero-order valence-corrected chi connectivity index (χ0v) is 17.2. The van der Waals surface area contributed by atoms with Crippen molar-refractivity contribution in [1.29, 1.82) is 0 Å². The molecule has 2 aromatic carbocycles. The molecule has 0 spiro atoms. The van der Waals surface area contributed by atoms with Crippen molar-refractivity contribution in [3.63, 3.8) is 0 Å². The number of aldehydes is 1. The number of anilines is 1. The fourth-order valence-electron chi connectivity index (χ4n) is 2.92. The van der Waals surface area contributed by atoms with Gasteiger partial charge in [0.2, 0.25) is 10.0 Å². The molecule has 3 rings (SSSR count). The summed E-state index contributed by atoms with van der Waals surface area (Å²) in [6.07, 6.45) is 0.635. The lowest BCUT2D eigenvalue weighted by Crippen LogP contribution is -2.40. The van der Waals surface area contributed by atoms with E-state index in [0.717, 1.165) is 0 Å². The van der Waals surface area contributed by atoms with Crippen LogP contribution in [0.2, 0.25) is 0 Å². The standard InChI is InChI=1S/C20H22N2O7S/c1-27-19-7-6-16(30(25,26)22-8-10-28-11-9-22)12-17(19)21-20(24)14-29-18-5-3-2-4-15(18)13-23/h2-7,12-13H,8-11,14H2,1H3,(H,21,24). The molecule has 9 nitrogen and oxygen atoms in total. The molecule has 0 aromatic heterocycles. The molecule has 1 saturated heterocycles. The van der Waals surface area contributed by atoms with Gasteiger partial charge in [-0.1, -0.05) is 12.1 Å². The topological polar surface area (TPSA) is 111 Å². The third-order valence-corrected chi connectivity index (χ3v) is 6.35. The molecule has 0 unspecified atom stereocenters. The summed E-state index contributed by atoms with van der Waals surface area (Å²) in [7, 11) is -2.32. The number of hydrogen-bond acceptors (Lipinski definition) is 7. The summed E-state index contributed by atoms with van der Waals surface area (Å²) in [5.74, 6) is 0.0470. The summed E-state index contributed by atoms with van der Waals surface area (Å²) >= 11 is 0. The lowest BCUT2D eigenvalue weighted by atomic mass is 10.2. The van der Waals surface area contributed by atoms with Gasteiger partial charge in [-0.15, -0.1) is 0 Å². The van der Waals surface area contributed by atoms with Crippen LogP contribution in [0.3, 0.4) is 0 Å². The van der Waals surface area contributed by atoms with Gasteiger partial charge >= 0.3 is 0 Å². The van der Waals surface area contributed by atoms with E-state index < -0.39 is 15.9 Å². The summed E-state index contributed by atoms with van der Waals surface area (Å²) in [4.78, 5) is 23.4. The summed E-state index contributed by atoms with van der Waals surface area (Å²) in [5.41, 5.74) is 0.519. The maximum absolute atomic E-state index is 12.9. The number of carbonyl (C=O) groups is 2. The second kappa shape index (κ2) is 9.70. The summed E-state index contributed by atoms with van der Waals surface area (Å²) in [6.45, 7) is 0.825. The van der Waals surface area contributed by atoms with Crippen LogP contribution in [0.4, 0.5) is 5.69 Å². The number of carbonyl (C=O) groups excluding carboxylic acids is 2. The number of para-hydroxylation sites is 1. The van der Waals surface area contributed by atoms with Gasteiger partial charge in [0, 0.05) is 13.1 Å². The normalized spacial score (nSPS) is 14.7. The third-order valence-electron chi connectivity index (χ3n) is 4.46. The van der Waals surface area contributed by atoms with Gasteiger partial charge in [0.05, 0.1) is 36.5 Å². The second-order valence-corrected chi connectivity index (χ2v) is 8.31. The van der Waals surface area contributed by atoms with Crippen molar-refractivity contribution in [3.8, 4) is 11.5 Å². The molecule has 0 bridgehead atoms. The van der Waals surface area contributed by atoms with Gasteiger partial charge in [-0.2, -0.15) is 4.31 Å². The molecule has 2 aromatic rings. The molecule has 1 aliphatic rings. The maximum Gasteiger partial charge on any atom is 0.262 e. The van der Waals surface area contributed by atoms with Gasteiger partial charge in [-0.05, 0) is 30.3 Å². The van der Waals surface area contributed by atoms with Gasteiger partial charge in [0.25, 0.3) is 5.91 Å². The zero-order valence-electron chi connectivity index (χ0n) is 16.4. The summed E-state index contributed by atoms with van der Waals surface area (Å²) in [5, 5.41) is 2.60. The fraction of sp³-hybridized carbons (Fsp3) is 0.300. The van der Waals surface area contributed by atoms with E-state index in [9.17, 15) is 18.0 Å². The van der Waals surface area contributed by atoms with E-state index in [1.165, 1.54) is 29.6 Å². The maximum atomic E-state index is 12.9. The van der Waals surface area contributed by atoms with Crippen molar-refractivity contribution < 1.29 is 32.2 Å². The summed E-state index contributed by atoms with van der Waals surface area (Å²) in [6, 6.07) is 10.8. The Kier molecular flexibility index (Phi) is 7.03. The van der Waals surface area contributed by atoms with E-state index in [1.54, 1.807) is 24.3 Å². The van der Waals surface area contributed by atoms with Crippen molar-refractivity contribution in [2.75, 3.05) is 45.3 Å². The Labute approximate surface area is 174 Å². The van der Waals surface area contributed by atoms with E-state index in [-0.39, 0.29) is 36.0 Å². The predicted octanol–water partition coefficient (Wildman–Crippen LogP) is 1.55. The number of nitrogens with one attached hydrogen (secondary N) is 1. The molecule has 0 saturated carbocycles. The molecule has 1 amide bonds. The number of rotatable bonds is 8. The Morgan fingerprint density at radius 1 is 1.17 bits per heavy atom. The second-order valence-electron chi connectivity index (χ2n) is 6.37. The number of morpholine rings is 1. The smallest absolute Gasteiger partial charge is 0.262 e. The first-order chi connectivity index (χ1) is 14.5. The van der Waals surface area contributed by atoms with Gasteiger partial charge in [0.1, 0.15) is 11.5 Å². The van der Waals surface area contributed by atoms with Crippen LogP contribution in [0.25, 0.3) is 0 Å². The Morgan fingerprint density at radius 2 is 1.90 bits per heavy atom.